The number of esters is 1. The molecule has 0 aliphatic carbocycles. The predicted molar refractivity (Wildman–Crippen MR) is 319 cm³/mol. The van der Waals surface area contributed by atoms with Gasteiger partial charge in [0, 0.05) is 12.8 Å². The Bertz CT molecular complexity index is 1230. The minimum Gasteiger partial charge on any atom is -0.466 e. The van der Waals surface area contributed by atoms with Crippen molar-refractivity contribution in [2.75, 3.05) is 13.2 Å². The van der Waals surface area contributed by atoms with Crippen LogP contribution in [0.3, 0.4) is 0 Å². The number of allylic oxidation sites excluding steroid dienone is 7. The second kappa shape index (κ2) is 62.4. The summed E-state index contributed by atoms with van der Waals surface area (Å²) in [5, 5.41) is 23.1. The van der Waals surface area contributed by atoms with E-state index in [1.165, 1.54) is 263 Å². The molecule has 0 aliphatic heterocycles. The second-order valence-corrected chi connectivity index (χ2v) is 22.1. The van der Waals surface area contributed by atoms with E-state index in [1.807, 2.05) is 6.08 Å². The molecule has 0 rings (SSSR count). The van der Waals surface area contributed by atoms with Crippen molar-refractivity contribution in [1.82, 2.24) is 5.32 Å². The van der Waals surface area contributed by atoms with Crippen LogP contribution in [-0.2, 0) is 14.3 Å². The Labute approximate surface area is 455 Å². The molecule has 6 nitrogen and oxygen atoms in total. The molecule has 2 atom stereocenters. The fourth-order valence-corrected chi connectivity index (χ4v) is 9.84. The van der Waals surface area contributed by atoms with Gasteiger partial charge in [0.2, 0.25) is 5.91 Å². The maximum atomic E-state index is 12.5. The second-order valence-electron chi connectivity index (χ2n) is 22.1. The van der Waals surface area contributed by atoms with Crippen LogP contribution in [0.15, 0.2) is 48.6 Å². The van der Waals surface area contributed by atoms with Crippen molar-refractivity contribution in [3.05, 3.63) is 48.6 Å². The number of ether oxygens (including phenoxy) is 1. The molecular formula is C67H125NO5. The molecule has 0 aliphatic rings. The topological polar surface area (TPSA) is 95.9 Å². The summed E-state index contributed by atoms with van der Waals surface area (Å²) in [6, 6.07) is -0.628. The molecule has 0 heterocycles. The quantitative estimate of drug-likeness (QED) is 0.0320. The van der Waals surface area contributed by atoms with Crippen molar-refractivity contribution in [3.63, 3.8) is 0 Å². The Morgan fingerprint density at radius 2 is 0.685 bits per heavy atom. The van der Waals surface area contributed by atoms with Gasteiger partial charge in [-0.3, -0.25) is 9.59 Å². The predicted octanol–water partition coefficient (Wildman–Crippen LogP) is 20.5. The lowest BCUT2D eigenvalue weighted by atomic mass is 10.0. The van der Waals surface area contributed by atoms with Crippen LogP contribution < -0.4 is 5.32 Å². The van der Waals surface area contributed by atoms with Crippen LogP contribution in [0, 0.1) is 0 Å². The lowest BCUT2D eigenvalue weighted by Crippen LogP contribution is -2.45. The molecule has 0 fully saturated rings. The number of nitrogens with one attached hydrogen (secondary N) is 1. The van der Waals surface area contributed by atoms with Gasteiger partial charge in [0.25, 0.3) is 0 Å². The van der Waals surface area contributed by atoms with E-state index in [0.717, 1.165) is 51.4 Å². The summed E-state index contributed by atoms with van der Waals surface area (Å²) in [6.45, 7) is 4.89. The molecule has 1 amide bonds. The summed E-state index contributed by atoms with van der Waals surface area (Å²) in [7, 11) is 0. The van der Waals surface area contributed by atoms with E-state index in [9.17, 15) is 19.8 Å². The first-order valence-corrected chi connectivity index (χ1v) is 32.4. The van der Waals surface area contributed by atoms with Crippen LogP contribution in [0.2, 0.25) is 0 Å². The van der Waals surface area contributed by atoms with Gasteiger partial charge in [0.05, 0.1) is 25.4 Å². The van der Waals surface area contributed by atoms with Crippen molar-refractivity contribution < 1.29 is 24.5 Å². The van der Waals surface area contributed by atoms with Crippen LogP contribution in [-0.4, -0.2) is 47.4 Å². The summed E-state index contributed by atoms with van der Waals surface area (Å²) in [5.74, 6) is -0.0660. The highest BCUT2D eigenvalue weighted by Gasteiger charge is 2.18. The van der Waals surface area contributed by atoms with Crippen LogP contribution in [0.5, 0.6) is 0 Å². The number of hydrogen-bond acceptors (Lipinski definition) is 5. The van der Waals surface area contributed by atoms with Gasteiger partial charge >= 0.3 is 5.97 Å². The van der Waals surface area contributed by atoms with E-state index in [-0.39, 0.29) is 18.5 Å². The molecule has 73 heavy (non-hydrogen) atoms. The van der Waals surface area contributed by atoms with Gasteiger partial charge in [-0.25, -0.2) is 0 Å². The number of aliphatic hydroxyl groups is 2. The van der Waals surface area contributed by atoms with Gasteiger partial charge in [-0.1, -0.05) is 287 Å². The Kier molecular flexibility index (Phi) is 60.5. The van der Waals surface area contributed by atoms with Crippen molar-refractivity contribution in [2.45, 2.75) is 353 Å². The molecule has 428 valence electrons. The van der Waals surface area contributed by atoms with Gasteiger partial charge in [-0.2, -0.15) is 0 Å². The minimum absolute atomic E-state index is 0.00286. The number of hydrogen-bond donors (Lipinski definition) is 3. The van der Waals surface area contributed by atoms with E-state index in [0.29, 0.717) is 19.4 Å². The summed E-state index contributed by atoms with van der Waals surface area (Å²) in [5.41, 5.74) is 0. The standard InChI is InChI=1S/C67H125NO5/c1-3-5-7-9-11-13-15-17-37-41-45-49-53-57-61-67(72)73-62-58-54-50-46-42-38-34-32-30-28-26-24-22-20-18-19-21-23-25-27-29-31-33-36-40-44-48-52-56-60-66(71)68-64(63-69)65(70)59-55-51-47-43-39-35-16-14-12-10-8-6-4-2/h15,17-18,20,24,26,55,59,64-65,69-70H,3-14,16,19,21-23,25,27-54,56-58,60-63H2,1-2H3,(H,68,71)/b17-15-,20-18-,26-24-,59-55+. The maximum Gasteiger partial charge on any atom is 0.305 e. The number of unbranched alkanes of at least 4 members (excludes halogenated alkanes) is 43. The molecule has 6 heteroatoms. The Morgan fingerprint density at radius 1 is 0.384 bits per heavy atom. The Hall–Kier alpha value is -2.18. The molecule has 0 aromatic carbocycles. The third-order valence-electron chi connectivity index (χ3n) is 14.8. The first-order chi connectivity index (χ1) is 36.0. The van der Waals surface area contributed by atoms with Gasteiger partial charge in [-0.15, -0.1) is 0 Å². The number of amides is 1. The zero-order valence-corrected chi connectivity index (χ0v) is 48.9. The number of carbonyl (C=O) groups is 2. The van der Waals surface area contributed by atoms with Crippen LogP contribution >= 0.6 is 0 Å². The largest absolute Gasteiger partial charge is 0.466 e. The summed E-state index contributed by atoms with van der Waals surface area (Å²) in [6.07, 6.45) is 80.2. The number of rotatable bonds is 60. The van der Waals surface area contributed by atoms with Gasteiger partial charge < -0.3 is 20.3 Å². The molecular weight excluding hydrogens is 899 g/mol. The van der Waals surface area contributed by atoms with Gasteiger partial charge in [0.15, 0.2) is 0 Å². The molecule has 0 bridgehead atoms. The lowest BCUT2D eigenvalue weighted by Gasteiger charge is -2.20. The molecule has 0 aromatic rings. The SMILES string of the molecule is CCCCCCC/C=C\CCCCCCCC(=O)OCCCCCCCCCCC/C=C\C/C=C\CCCCCCCCCCCCCCCC(=O)NC(CO)C(O)/C=C/CCCCCCCCCCCCC. The average molecular weight is 1020 g/mol. The third-order valence-corrected chi connectivity index (χ3v) is 14.8. The Morgan fingerprint density at radius 3 is 1.05 bits per heavy atom. The van der Waals surface area contributed by atoms with Crippen molar-refractivity contribution >= 4 is 11.9 Å². The summed E-state index contributed by atoms with van der Waals surface area (Å²) < 4.78 is 5.48. The van der Waals surface area contributed by atoms with E-state index in [4.69, 9.17) is 4.74 Å². The first kappa shape index (κ1) is 70.8. The Balaban J connectivity index is 3.42. The fraction of sp³-hybridized carbons (Fsp3) is 0.851. The summed E-state index contributed by atoms with van der Waals surface area (Å²) >= 11 is 0. The van der Waals surface area contributed by atoms with E-state index >= 15 is 0 Å². The van der Waals surface area contributed by atoms with E-state index < -0.39 is 12.1 Å². The van der Waals surface area contributed by atoms with Crippen LogP contribution in [0.25, 0.3) is 0 Å². The smallest absolute Gasteiger partial charge is 0.305 e. The molecule has 2 unspecified atom stereocenters. The molecule has 0 spiro atoms. The van der Waals surface area contributed by atoms with Crippen LogP contribution in [0.1, 0.15) is 341 Å². The fourth-order valence-electron chi connectivity index (χ4n) is 9.84. The average Bonchev–Trinajstić information content (AvgIpc) is 3.39. The zero-order valence-electron chi connectivity index (χ0n) is 48.9. The summed E-state index contributed by atoms with van der Waals surface area (Å²) in [4.78, 5) is 24.5. The molecule has 0 saturated heterocycles. The van der Waals surface area contributed by atoms with Gasteiger partial charge in [-0.05, 0) is 89.9 Å². The van der Waals surface area contributed by atoms with Crippen LogP contribution in [0.4, 0.5) is 0 Å². The monoisotopic (exact) mass is 1020 g/mol. The third kappa shape index (κ3) is 58.9. The first-order valence-electron chi connectivity index (χ1n) is 32.4. The molecule has 0 radical (unpaired) electrons. The van der Waals surface area contributed by atoms with Crippen molar-refractivity contribution in [3.8, 4) is 0 Å². The highest BCUT2D eigenvalue weighted by Crippen LogP contribution is 2.17. The van der Waals surface area contributed by atoms with Crippen molar-refractivity contribution in [2.24, 2.45) is 0 Å². The highest BCUT2D eigenvalue weighted by molar-refractivity contribution is 5.76. The molecule has 3 N–H and O–H groups in total. The number of aliphatic hydroxyl groups excluding tert-OH is 2. The van der Waals surface area contributed by atoms with E-state index in [1.54, 1.807) is 6.08 Å². The van der Waals surface area contributed by atoms with Gasteiger partial charge in [0.1, 0.15) is 0 Å². The van der Waals surface area contributed by atoms with E-state index in [2.05, 4.69) is 55.6 Å². The van der Waals surface area contributed by atoms with Crippen molar-refractivity contribution in [1.29, 1.82) is 0 Å². The highest BCUT2D eigenvalue weighted by atomic mass is 16.5. The lowest BCUT2D eigenvalue weighted by molar-refractivity contribution is -0.143. The normalized spacial score (nSPS) is 12.9. The maximum absolute atomic E-state index is 12.5. The molecule has 0 saturated carbocycles. The minimum atomic E-state index is -0.845. The zero-order chi connectivity index (χ0) is 52.9. The number of carbonyl (C=O) groups excluding carboxylic acids is 2. The molecule has 0 aromatic heterocycles.